The van der Waals surface area contributed by atoms with Crippen molar-refractivity contribution in [3.05, 3.63) is 48.0 Å². The van der Waals surface area contributed by atoms with Crippen molar-refractivity contribution in [2.24, 2.45) is 0 Å². The van der Waals surface area contributed by atoms with Crippen LogP contribution >= 0.6 is 0 Å². The third-order valence-corrected chi connectivity index (χ3v) is 6.47. The van der Waals surface area contributed by atoms with Gasteiger partial charge in [0.05, 0.1) is 12.0 Å². The van der Waals surface area contributed by atoms with E-state index in [2.05, 4.69) is 4.72 Å². The maximum absolute atomic E-state index is 12.6. The van der Waals surface area contributed by atoms with Crippen molar-refractivity contribution >= 4 is 27.3 Å². The fourth-order valence-corrected chi connectivity index (χ4v) is 4.66. The highest BCUT2D eigenvalue weighted by molar-refractivity contribution is 7.92. The Morgan fingerprint density at radius 3 is 2.68 bits per heavy atom. The van der Waals surface area contributed by atoms with Gasteiger partial charge in [-0.25, -0.2) is 8.42 Å². The third-order valence-electron chi connectivity index (χ3n) is 5.07. The molecular weight excluding hydrogens is 380 g/mol. The number of fused-ring (bicyclic) bond motifs is 1. The van der Waals surface area contributed by atoms with Crippen LogP contribution in [0.1, 0.15) is 18.4 Å². The van der Waals surface area contributed by atoms with Crippen LogP contribution in [0.15, 0.2) is 47.4 Å². The van der Waals surface area contributed by atoms with E-state index in [0.29, 0.717) is 31.0 Å². The van der Waals surface area contributed by atoms with Gasteiger partial charge in [-0.2, -0.15) is 0 Å². The summed E-state index contributed by atoms with van der Waals surface area (Å²) in [6.45, 7) is 1.21. The Morgan fingerprint density at radius 1 is 1.21 bits per heavy atom. The number of benzene rings is 2. The first-order valence-electron chi connectivity index (χ1n) is 9.21. The zero-order valence-corrected chi connectivity index (χ0v) is 16.4. The number of nitrogens with one attached hydrogen (secondary N) is 1. The van der Waals surface area contributed by atoms with Gasteiger partial charge in [-0.05, 0) is 67.3 Å². The Balaban J connectivity index is 1.52. The molecular formula is C20H22N2O5S. The van der Waals surface area contributed by atoms with Crippen LogP contribution in [0.3, 0.4) is 0 Å². The Labute approximate surface area is 164 Å². The third kappa shape index (κ3) is 3.57. The molecule has 1 amide bonds. The topological polar surface area (TPSA) is 84.9 Å². The van der Waals surface area contributed by atoms with Gasteiger partial charge in [0.2, 0.25) is 0 Å². The first kappa shape index (κ1) is 18.8. The van der Waals surface area contributed by atoms with Gasteiger partial charge in [0, 0.05) is 24.5 Å². The van der Waals surface area contributed by atoms with Crippen LogP contribution in [0.5, 0.6) is 5.75 Å². The highest BCUT2D eigenvalue weighted by Crippen LogP contribution is 2.33. The van der Waals surface area contributed by atoms with Gasteiger partial charge in [0.25, 0.3) is 15.9 Å². The Bertz CT molecular complexity index is 982. The summed E-state index contributed by atoms with van der Waals surface area (Å²) in [4.78, 5) is 14.5. The minimum Gasteiger partial charge on any atom is -0.497 e. The van der Waals surface area contributed by atoms with E-state index in [9.17, 15) is 13.2 Å². The number of rotatable bonds is 5. The molecule has 4 rings (SSSR count). The van der Waals surface area contributed by atoms with Crippen molar-refractivity contribution in [1.29, 1.82) is 0 Å². The first-order chi connectivity index (χ1) is 13.5. The summed E-state index contributed by atoms with van der Waals surface area (Å²) in [7, 11) is -2.18. The molecule has 1 N–H and O–H groups in total. The summed E-state index contributed by atoms with van der Waals surface area (Å²) in [5.41, 5.74) is 2.25. The van der Waals surface area contributed by atoms with Crippen molar-refractivity contribution in [2.75, 3.05) is 29.9 Å². The van der Waals surface area contributed by atoms with Crippen LogP contribution in [-0.4, -0.2) is 40.7 Å². The molecule has 1 saturated heterocycles. The summed E-state index contributed by atoms with van der Waals surface area (Å²) in [5, 5.41) is 0. The number of hydrogen-bond donors (Lipinski definition) is 1. The molecule has 0 aliphatic carbocycles. The zero-order valence-electron chi connectivity index (χ0n) is 15.6. The van der Waals surface area contributed by atoms with Crippen LogP contribution < -0.4 is 14.4 Å². The Kier molecular flexibility index (Phi) is 4.99. The van der Waals surface area contributed by atoms with Crippen molar-refractivity contribution in [3.8, 4) is 5.75 Å². The summed E-state index contributed by atoms with van der Waals surface area (Å²) in [6, 6.07) is 11.5. The van der Waals surface area contributed by atoms with Crippen molar-refractivity contribution in [3.63, 3.8) is 0 Å². The van der Waals surface area contributed by atoms with Crippen molar-refractivity contribution in [1.82, 2.24) is 0 Å². The second-order valence-electron chi connectivity index (χ2n) is 6.87. The molecule has 1 atom stereocenters. The lowest BCUT2D eigenvalue weighted by Gasteiger charge is -2.21. The quantitative estimate of drug-likeness (QED) is 0.831. The Morgan fingerprint density at radius 2 is 2.00 bits per heavy atom. The standard InChI is InChI=1S/C20H22N2O5S/c1-26-16-5-7-17(8-6-16)28(24,25)21-15-4-9-18-14(13-15)10-11-22(18)20(23)19-3-2-12-27-19/h4-9,13,19,21H,2-3,10-12H2,1H3. The van der Waals surface area contributed by atoms with E-state index in [1.54, 1.807) is 35.2 Å². The lowest BCUT2D eigenvalue weighted by atomic mass is 10.1. The molecule has 2 aliphatic heterocycles. The molecule has 0 bridgehead atoms. The van der Waals surface area contributed by atoms with Gasteiger partial charge in [0.1, 0.15) is 11.9 Å². The molecule has 2 aliphatic rings. The maximum Gasteiger partial charge on any atom is 0.261 e. The minimum absolute atomic E-state index is 0.0113. The number of ether oxygens (including phenoxy) is 2. The second-order valence-corrected chi connectivity index (χ2v) is 8.55. The van der Waals surface area contributed by atoms with Crippen LogP contribution in [0.4, 0.5) is 11.4 Å². The molecule has 2 aromatic carbocycles. The number of carbonyl (C=O) groups excluding carboxylic acids is 1. The summed E-state index contributed by atoms with van der Waals surface area (Å²) in [5.74, 6) is 0.579. The highest BCUT2D eigenvalue weighted by atomic mass is 32.2. The predicted molar refractivity (Wildman–Crippen MR) is 105 cm³/mol. The minimum atomic E-state index is -3.70. The lowest BCUT2D eigenvalue weighted by Crippen LogP contribution is -2.37. The second kappa shape index (κ2) is 7.44. The maximum atomic E-state index is 12.6. The van der Waals surface area contributed by atoms with Gasteiger partial charge in [-0.3, -0.25) is 9.52 Å². The Hall–Kier alpha value is -2.58. The van der Waals surface area contributed by atoms with Gasteiger partial charge in [0.15, 0.2) is 0 Å². The molecule has 7 nitrogen and oxygen atoms in total. The van der Waals surface area contributed by atoms with E-state index in [0.717, 1.165) is 24.1 Å². The largest absolute Gasteiger partial charge is 0.497 e. The monoisotopic (exact) mass is 402 g/mol. The predicted octanol–water partition coefficient (Wildman–Crippen LogP) is 2.56. The van der Waals surface area contributed by atoms with Crippen molar-refractivity contribution in [2.45, 2.75) is 30.3 Å². The fourth-order valence-electron chi connectivity index (χ4n) is 3.61. The molecule has 0 spiro atoms. The SMILES string of the molecule is COc1ccc(S(=O)(=O)Nc2ccc3c(c2)CCN3C(=O)C2CCCO2)cc1. The molecule has 8 heteroatoms. The van der Waals surface area contributed by atoms with E-state index < -0.39 is 10.0 Å². The van der Waals surface area contributed by atoms with E-state index in [1.807, 2.05) is 0 Å². The van der Waals surface area contributed by atoms with Gasteiger partial charge >= 0.3 is 0 Å². The summed E-state index contributed by atoms with van der Waals surface area (Å²) < 4.78 is 38.4. The molecule has 2 aromatic rings. The lowest BCUT2D eigenvalue weighted by molar-refractivity contribution is -0.127. The zero-order chi connectivity index (χ0) is 19.7. The average molecular weight is 402 g/mol. The molecule has 0 saturated carbocycles. The number of methoxy groups -OCH3 is 1. The first-order valence-corrected chi connectivity index (χ1v) is 10.7. The summed E-state index contributed by atoms with van der Waals surface area (Å²) in [6.07, 6.45) is 1.98. The van der Waals surface area contributed by atoms with Gasteiger partial charge in [-0.1, -0.05) is 0 Å². The van der Waals surface area contributed by atoms with E-state index in [-0.39, 0.29) is 16.9 Å². The number of hydrogen-bond acceptors (Lipinski definition) is 5. The van der Waals surface area contributed by atoms with Gasteiger partial charge in [-0.15, -0.1) is 0 Å². The molecule has 2 heterocycles. The van der Waals surface area contributed by atoms with Crippen LogP contribution in [0, 0.1) is 0 Å². The van der Waals surface area contributed by atoms with Gasteiger partial charge < -0.3 is 14.4 Å². The number of anilines is 2. The van der Waals surface area contributed by atoms with E-state index in [4.69, 9.17) is 9.47 Å². The average Bonchev–Trinajstić information content (AvgIpc) is 3.37. The molecule has 1 unspecified atom stereocenters. The molecule has 0 radical (unpaired) electrons. The normalized spacial score (nSPS) is 18.8. The molecule has 148 valence electrons. The summed E-state index contributed by atoms with van der Waals surface area (Å²) >= 11 is 0. The number of nitrogens with zero attached hydrogens (tertiary/aromatic N) is 1. The fraction of sp³-hybridized carbons (Fsp3) is 0.350. The van der Waals surface area contributed by atoms with E-state index in [1.165, 1.54) is 19.2 Å². The highest BCUT2D eigenvalue weighted by Gasteiger charge is 2.32. The van der Waals surface area contributed by atoms with E-state index >= 15 is 0 Å². The molecule has 1 fully saturated rings. The van der Waals surface area contributed by atoms with Crippen LogP contribution in [0.25, 0.3) is 0 Å². The number of carbonyl (C=O) groups is 1. The van der Waals surface area contributed by atoms with Crippen molar-refractivity contribution < 1.29 is 22.7 Å². The van der Waals surface area contributed by atoms with Crippen LogP contribution in [0.2, 0.25) is 0 Å². The number of sulfonamides is 1. The molecule has 28 heavy (non-hydrogen) atoms. The van der Waals surface area contributed by atoms with Crippen LogP contribution in [-0.2, 0) is 26.0 Å². The smallest absolute Gasteiger partial charge is 0.261 e. The molecule has 0 aromatic heterocycles. The number of amides is 1.